The highest BCUT2D eigenvalue weighted by atomic mass is 16.6. The lowest BCUT2D eigenvalue weighted by atomic mass is 9.82. The number of hydrogen-bond acceptors (Lipinski definition) is 5. The largest absolute Gasteiger partial charge is 0.444 e. The fourth-order valence-corrected chi connectivity index (χ4v) is 4.36. The van der Waals surface area contributed by atoms with E-state index in [1.165, 1.54) is 17.3 Å². The predicted octanol–water partition coefficient (Wildman–Crippen LogP) is 6.84. The van der Waals surface area contributed by atoms with Crippen LogP contribution in [0.15, 0.2) is 36.5 Å². The Balaban J connectivity index is 1.79. The molecule has 3 rings (SSSR count). The third kappa shape index (κ3) is 7.21. The Morgan fingerprint density at radius 3 is 2.71 bits per heavy atom. The fourth-order valence-electron chi connectivity index (χ4n) is 4.36. The van der Waals surface area contributed by atoms with Crippen LogP contribution in [0.3, 0.4) is 0 Å². The monoisotopic (exact) mass is 463 g/mol. The van der Waals surface area contributed by atoms with Gasteiger partial charge in [-0.1, -0.05) is 26.0 Å². The third-order valence-corrected chi connectivity index (χ3v) is 5.97. The summed E-state index contributed by atoms with van der Waals surface area (Å²) in [5, 5.41) is 8.99. The summed E-state index contributed by atoms with van der Waals surface area (Å²) in [7, 11) is 0. The molecule has 1 aromatic heterocycles. The van der Waals surface area contributed by atoms with Gasteiger partial charge in [0.1, 0.15) is 17.4 Å². The molecule has 1 atom stereocenters. The van der Waals surface area contributed by atoms with Crippen molar-refractivity contribution in [3.8, 4) is 17.7 Å². The van der Waals surface area contributed by atoms with Crippen LogP contribution in [-0.2, 0) is 11.2 Å². The summed E-state index contributed by atoms with van der Waals surface area (Å²) in [4.78, 5) is 19.2. The molecule has 0 radical (unpaired) electrons. The molecule has 0 saturated carbocycles. The van der Waals surface area contributed by atoms with E-state index >= 15 is 0 Å². The summed E-state index contributed by atoms with van der Waals surface area (Å²) in [5.41, 5.74) is 2.39. The van der Waals surface area contributed by atoms with Gasteiger partial charge in [-0.25, -0.2) is 9.78 Å². The van der Waals surface area contributed by atoms with E-state index in [9.17, 15) is 4.79 Å². The van der Waals surface area contributed by atoms with E-state index in [1.807, 2.05) is 37.8 Å². The summed E-state index contributed by atoms with van der Waals surface area (Å²) in [5.74, 6) is 2.10. The van der Waals surface area contributed by atoms with Crippen LogP contribution in [0.5, 0.6) is 11.6 Å². The SMILES string of the molecule is CC(C)CCCN(CC1CCCc2c(Oc3ccc(C#N)cn3)cccc21)C(=O)OC(C)(C)C. The first-order valence-electron chi connectivity index (χ1n) is 12.3. The maximum atomic E-state index is 13.0. The first-order chi connectivity index (χ1) is 16.2. The van der Waals surface area contributed by atoms with Crippen LogP contribution >= 0.6 is 0 Å². The van der Waals surface area contributed by atoms with Crippen LogP contribution in [-0.4, -0.2) is 34.7 Å². The maximum absolute atomic E-state index is 13.0. The molecule has 1 unspecified atom stereocenters. The minimum atomic E-state index is -0.521. The van der Waals surface area contributed by atoms with E-state index in [0.717, 1.165) is 37.9 Å². The summed E-state index contributed by atoms with van der Waals surface area (Å²) in [6.07, 6.45) is 6.31. The van der Waals surface area contributed by atoms with Crippen LogP contribution in [0.1, 0.15) is 82.9 Å². The van der Waals surface area contributed by atoms with Crippen LogP contribution in [0.2, 0.25) is 0 Å². The molecule has 1 aliphatic rings. The summed E-state index contributed by atoms with van der Waals surface area (Å²) in [6, 6.07) is 11.6. The summed E-state index contributed by atoms with van der Waals surface area (Å²) in [6.45, 7) is 11.5. The van der Waals surface area contributed by atoms with E-state index in [-0.39, 0.29) is 12.0 Å². The average Bonchev–Trinajstić information content (AvgIpc) is 2.78. The molecule has 2 aromatic rings. The van der Waals surface area contributed by atoms with Gasteiger partial charge < -0.3 is 14.4 Å². The average molecular weight is 464 g/mol. The normalized spacial score (nSPS) is 15.4. The second-order valence-electron chi connectivity index (χ2n) is 10.5. The Labute approximate surface area is 203 Å². The van der Waals surface area contributed by atoms with E-state index < -0.39 is 5.60 Å². The minimum Gasteiger partial charge on any atom is -0.444 e. The molecule has 0 spiro atoms. The Bertz CT molecular complexity index is 1000. The van der Waals surface area contributed by atoms with E-state index in [0.29, 0.717) is 30.5 Å². The number of pyridine rings is 1. The van der Waals surface area contributed by atoms with E-state index in [2.05, 4.69) is 31.0 Å². The van der Waals surface area contributed by atoms with Crippen LogP contribution in [0.4, 0.5) is 4.79 Å². The Morgan fingerprint density at radius 2 is 2.06 bits per heavy atom. The van der Waals surface area contributed by atoms with E-state index in [1.54, 1.807) is 12.1 Å². The van der Waals surface area contributed by atoms with Crippen molar-refractivity contribution in [2.75, 3.05) is 13.1 Å². The molecule has 182 valence electrons. The number of carbonyl (C=O) groups is 1. The quantitative estimate of drug-likeness (QED) is 0.428. The van der Waals surface area contributed by atoms with Gasteiger partial charge in [0.05, 0.1) is 5.56 Å². The van der Waals surface area contributed by atoms with Crippen molar-refractivity contribution in [1.29, 1.82) is 5.26 Å². The molecule has 1 amide bonds. The highest BCUT2D eigenvalue weighted by Gasteiger charge is 2.29. The molecule has 1 aliphatic carbocycles. The number of benzene rings is 1. The third-order valence-electron chi connectivity index (χ3n) is 5.97. The second-order valence-corrected chi connectivity index (χ2v) is 10.5. The highest BCUT2D eigenvalue weighted by molar-refractivity contribution is 5.68. The zero-order valence-electron chi connectivity index (χ0n) is 21.1. The number of fused-ring (bicyclic) bond motifs is 1. The summed E-state index contributed by atoms with van der Waals surface area (Å²) < 4.78 is 11.8. The number of nitriles is 1. The molecule has 6 heteroatoms. The number of carbonyl (C=O) groups excluding carboxylic acids is 1. The van der Waals surface area contributed by atoms with Gasteiger partial charge in [-0.05, 0) is 82.1 Å². The van der Waals surface area contributed by atoms with Crippen LogP contribution in [0.25, 0.3) is 0 Å². The Morgan fingerprint density at radius 1 is 1.26 bits per heavy atom. The van der Waals surface area contributed by atoms with Crippen molar-refractivity contribution in [3.63, 3.8) is 0 Å². The number of aromatic nitrogens is 1. The molecule has 6 nitrogen and oxygen atoms in total. The fraction of sp³-hybridized carbons (Fsp3) is 0.536. The predicted molar refractivity (Wildman–Crippen MR) is 133 cm³/mol. The second kappa shape index (κ2) is 11.4. The molecule has 1 aromatic carbocycles. The number of ether oxygens (including phenoxy) is 2. The first-order valence-corrected chi connectivity index (χ1v) is 12.3. The van der Waals surface area contributed by atoms with Gasteiger partial charge in [-0.15, -0.1) is 0 Å². The van der Waals surface area contributed by atoms with Gasteiger partial charge in [0, 0.05) is 31.3 Å². The molecule has 1 heterocycles. The van der Waals surface area contributed by atoms with Gasteiger partial charge >= 0.3 is 6.09 Å². The standard InChI is InChI=1S/C28H37N3O3/c1-20(2)9-8-16-31(27(32)34-28(3,4)5)19-22-10-6-12-24-23(22)11-7-13-25(24)33-26-15-14-21(17-29)18-30-26/h7,11,13-15,18,20,22H,6,8-10,12,16,19H2,1-5H3. The van der Waals surface area contributed by atoms with Gasteiger partial charge in [0.25, 0.3) is 0 Å². The van der Waals surface area contributed by atoms with E-state index in [4.69, 9.17) is 14.7 Å². The zero-order valence-corrected chi connectivity index (χ0v) is 21.1. The molecule has 34 heavy (non-hydrogen) atoms. The number of amides is 1. The van der Waals surface area contributed by atoms with Crippen molar-refractivity contribution in [3.05, 3.63) is 53.2 Å². The van der Waals surface area contributed by atoms with Crippen LogP contribution in [0, 0.1) is 17.2 Å². The lowest BCUT2D eigenvalue weighted by Gasteiger charge is -2.33. The van der Waals surface area contributed by atoms with Crippen molar-refractivity contribution in [2.45, 2.75) is 78.2 Å². The molecular weight excluding hydrogens is 426 g/mol. The van der Waals surface area contributed by atoms with Crippen molar-refractivity contribution < 1.29 is 14.3 Å². The molecule has 0 aliphatic heterocycles. The number of hydrogen-bond donors (Lipinski definition) is 0. The van der Waals surface area contributed by atoms with Crippen LogP contribution < -0.4 is 4.74 Å². The lowest BCUT2D eigenvalue weighted by Crippen LogP contribution is -2.40. The lowest BCUT2D eigenvalue weighted by molar-refractivity contribution is 0.0230. The highest BCUT2D eigenvalue weighted by Crippen LogP contribution is 2.38. The Kier molecular flexibility index (Phi) is 8.55. The molecule has 0 saturated heterocycles. The molecule has 0 fully saturated rings. The Hall–Kier alpha value is -3.07. The smallest absolute Gasteiger partial charge is 0.410 e. The topological polar surface area (TPSA) is 75.5 Å². The maximum Gasteiger partial charge on any atom is 0.410 e. The van der Waals surface area contributed by atoms with Gasteiger partial charge in [0.2, 0.25) is 5.88 Å². The molecule has 0 N–H and O–H groups in total. The summed E-state index contributed by atoms with van der Waals surface area (Å²) >= 11 is 0. The van der Waals surface area contributed by atoms with Gasteiger partial charge in [-0.3, -0.25) is 0 Å². The van der Waals surface area contributed by atoms with Gasteiger partial charge in [-0.2, -0.15) is 5.26 Å². The van der Waals surface area contributed by atoms with Gasteiger partial charge in [0.15, 0.2) is 0 Å². The zero-order chi connectivity index (χ0) is 24.7. The van der Waals surface area contributed by atoms with Crippen molar-refractivity contribution in [2.24, 2.45) is 5.92 Å². The van der Waals surface area contributed by atoms with Crippen molar-refractivity contribution >= 4 is 6.09 Å². The molecular formula is C28H37N3O3. The molecule has 0 bridgehead atoms. The minimum absolute atomic E-state index is 0.229. The first kappa shape index (κ1) is 25.6. The van der Waals surface area contributed by atoms with Crippen molar-refractivity contribution in [1.82, 2.24) is 9.88 Å². The number of nitrogens with zero attached hydrogens (tertiary/aromatic N) is 3. The number of rotatable bonds is 8.